The summed E-state index contributed by atoms with van der Waals surface area (Å²) >= 11 is 6.03. The molecule has 0 saturated carbocycles. The van der Waals surface area contributed by atoms with Crippen molar-refractivity contribution in [3.63, 3.8) is 0 Å². The standard InChI is InChI=1S/C25H20ClF3N4O6/c1-25(2,3)39-24(37)32-22(31-23(35)36)30-19-14(21(34)13-8-7-12(27)11-15(13)26)9-10-33(38)20(19)18-16(28)5-4-6-17(18)29/h4-11H,1-3H3,(H,35,36)(H2,30,31,32,37). The average Bonchev–Trinajstić information content (AvgIpc) is 2.78. The number of aromatic nitrogens is 1. The summed E-state index contributed by atoms with van der Waals surface area (Å²) in [6.45, 7) is 4.56. The number of hydrogen-bond donors (Lipinski definition) is 3. The average molecular weight is 565 g/mol. The van der Waals surface area contributed by atoms with Crippen LogP contribution in [0, 0.1) is 22.7 Å². The van der Waals surface area contributed by atoms with Crippen molar-refractivity contribution in [1.82, 2.24) is 5.32 Å². The number of nitrogens with zero attached hydrogens (tertiary/aromatic N) is 2. The van der Waals surface area contributed by atoms with E-state index in [9.17, 15) is 37.9 Å². The monoisotopic (exact) mass is 564 g/mol. The molecule has 1 heterocycles. The number of benzene rings is 2. The van der Waals surface area contributed by atoms with E-state index in [4.69, 9.17) is 16.3 Å². The van der Waals surface area contributed by atoms with E-state index in [2.05, 4.69) is 10.3 Å². The lowest BCUT2D eigenvalue weighted by atomic mass is 9.98. The first-order valence-electron chi connectivity index (χ1n) is 11.0. The van der Waals surface area contributed by atoms with E-state index in [1.54, 1.807) is 0 Å². The van der Waals surface area contributed by atoms with Gasteiger partial charge in [0.05, 0.1) is 10.6 Å². The Morgan fingerprint density at radius 1 is 1.05 bits per heavy atom. The number of amides is 2. The molecule has 0 unspecified atom stereocenters. The molecule has 39 heavy (non-hydrogen) atoms. The predicted molar refractivity (Wildman–Crippen MR) is 134 cm³/mol. The summed E-state index contributed by atoms with van der Waals surface area (Å²) in [6.07, 6.45) is -2.24. The number of alkyl carbamates (subject to hydrolysis) is 1. The molecule has 0 spiro atoms. The Kier molecular flexibility index (Phi) is 8.45. The molecular formula is C25H20ClF3N4O6. The highest BCUT2D eigenvalue weighted by Gasteiger charge is 2.31. The van der Waals surface area contributed by atoms with E-state index in [0.717, 1.165) is 48.7 Å². The van der Waals surface area contributed by atoms with Gasteiger partial charge in [0.2, 0.25) is 5.96 Å². The number of carbonyl (C=O) groups excluding carboxylic acids is 2. The first kappa shape index (κ1) is 28.9. The van der Waals surface area contributed by atoms with Crippen molar-refractivity contribution in [1.29, 1.82) is 0 Å². The van der Waals surface area contributed by atoms with Gasteiger partial charge in [0.1, 0.15) is 34.3 Å². The number of aliphatic imine (C=N–C) groups is 1. The molecule has 10 nitrogen and oxygen atoms in total. The number of carboxylic acid groups (broad SMARTS) is 1. The lowest BCUT2D eigenvalue weighted by Gasteiger charge is -2.21. The number of anilines is 1. The van der Waals surface area contributed by atoms with Crippen LogP contribution in [0.15, 0.2) is 53.7 Å². The summed E-state index contributed by atoms with van der Waals surface area (Å²) < 4.78 is 48.3. The Hall–Kier alpha value is -4.65. The van der Waals surface area contributed by atoms with Crippen LogP contribution in [0.25, 0.3) is 11.3 Å². The molecule has 1 aromatic heterocycles. The van der Waals surface area contributed by atoms with Gasteiger partial charge in [-0.3, -0.25) is 10.1 Å². The fourth-order valence-corrected chi connectivity index (χ4v) is 3.59. The predicted octanol–water partition coefficient (Wildman–Crippen LogP) is 5.26. The lowest BCUT2D eigenvalue weighted by molar-refractivity contribution is -0.593. The van der Waals surface area contributed by atoms with Gasteiger partial charge in [-0.15, -0.1) is 4.99 Å². The molecular weight excluding hydrogens is 545 g/mol. The molecule has 0 aliphatic carbocycles. The highest BCUT2D eigenvalue weighted by atomic mass is 35.5. The second-order valence-corrected chi connectivity index (χ2v) is 9.23. The molecule has 0 radical (unpaired) electrons. The summed E-state index contributed by atoms with van der Waals surface area (Å²) in [6, 6.07) is 6.49. The Morgan fingerprint density at radius 3 is 2.26 bits per heavy atom. The normalized spacial score (nSPS) is 11.6. The second kappa shape index (κ2) is 11.4. The van der Waals surface area contributed by atoms with Crippen LogP contribution in [0.5, 0.6) is 0 Å². The number of carbonyl (C=O) groups is 3. The third-order valence-electron chi connectivity index (χ3n) is 4.79. The van der Waals surface area contributed by atoms with E-state index in [1.807, 2.05) is 5.32 Å². The van der Waals surface area contributed by atoms with Crippen LogP contribution < -0.4 is 15.4 Å². The fraction of sp³-hybridized carbons (Fsp3) is 0.160. The zero-order valence-corrected chi connectivity index (χ0v) is 21.3. The molecule has 0 aliphatic heterocycles. The molecule has 204 valence electrons. The maximum atomic E-state index is 14.8. The first-order valence-corrected chi connectivity index (χ1v) is 11.3. The van der Waals surface area contributed by atoms with Crippen LogP contribution in [0.3, 0.4) is 0 Å². The van der Waals surface area contributed by atoms with Gasteiger partial charge in [0.25, 0.3) is 5.69 Å². The van der Waals surface area contributed by atoms with Crippen LogP contribution in [0.1, 0.15) is 36.7 Å². The van der Waals surface area contributed by atoms with E-state index >= 15 is 0 Å². The largest absolute Gasteiger partial charge is 0.618 e. The molecule has 2 amide bonds. The minimum Gasteiger partial charge on any atom is -0.618 e. The Morgan fingerprint density at radius 2 is 1.69 bits per heavy atom. The summed E-state index contributed by atoms with van der Waals surface area (Å²) in [4.78, 5) is 40.4. The van der Waals surface area contributed by atoms with E-state index < -0.39 is 69.5 Å². The number of halogens is 4. The topological polar surface area (TPSA) is 144 Å². The van der Waals surface area contributed by atoms with E-state index in [0.29, 0.717) is 0 Å². The highest BCUT2D eigenvalue weighted by molar-refractivity contribution is 6.35. The Balaban J connectivity index is 2.28. The zero-order valence-electron chi connectivity index (χ0n) is 20.5. The van der Waals surface area contributed by atoms with Crippen molar-refractivity contribution < 1.29 is 42.1 Å². The van der Waals surface area contributed by atoms with Crippen molar-refractivity contribution in [3.8, 4) is 11.3 Å². The number of guanidine groups is 1. The molecule has 0 fully saturated rings. The molecule has 2 aromatic carbocycles. The van der Waals surface area contributed by atoms with Crippen molar-refractivity contribution in [2.45, 2.75) is 26.4 Å². The molecule has 0 saturated heterocycles. The van der Waals surface area contributed by atoms with Gasteiger partial charge < -0.3 is 20.4 Å². The van der Waals surface area contributed by atoms with Crippen molar-refractivity contribution in [3.05, 3.63) is 87.5 Å². The molecule has 3 aromatic rings. The van der Waals surface area contributed by atoms with E-state index in [-0.39, 0.29) is 15.3 Å². The number of rotatable bonds is 4. The molecule has 0 atom stereocenters. The van der Waals surface area contributed by atoms with Crippen LogP contribution in [0.2, 0.25) is 5.02 Å². The molecule has 3 rings (SSSR count). The lowest BCUT2D eigenvalue weighted by Crippen LogP contribution is -2.41. The Labute approximate surface area is 224 Å². The summed E-state index contributed by atoms with van der Waals surface area (Å²) in [7, 11) is 0. The molecule has 0 bridgehead atoms. The van der Waals surface area contributed by atoms with Gasteiger partial charge in [-0.2, -0.15) is 4.73 Å². The number of nitrogens with one attached hydrogen (secondary N) is 2. The molecule has 0 aliphatic rings. The minimum absolute atomic E-state index is 0.0126. The van der Waals surface area contributed by atoms with Crippen molar-refractivity contribution in [2.75, 3.05) is 5.32 Å². The third-order valence-corrected chi connectivity index (χ3v) is 5.11. The van der Waals surface area contributed by atoms with Gasteiger partial charge in [-0.05, 0) is 51.1 Å². The molecule has 14 heteroatoms. The summed E-state index contributed by atoms with van der Waals surface area (Å²) in [5, 5.41) is 26.1. The van der Waals surface area contributed by atoms with Gasteiger partial charge in [0, 0.05) is 11.6 Å². The zero-order chi connectivity index (χ0) is 29.1. The van der Waals surface area contributed by atoms with Gasteiger partial charge >= 0.3 is 12.2 Å². The Bertz CT molecular complexity index is 1490. The highest BCUT2D eigenvalue weighted by Crippen LogP contribution is 2.34. The van der Waals surface area contributed by atoms with Crippen LogP contribution in [-0.4, -0.2) is 34.6 Å². The second-order valence-electron chi connectivity index (χ2n) is 8.82. The maximum Gasteiger partial charge on any atom is 0.434 e. The number of pyridine rings is 1. The first-order chi connectivity index (χ1) is 18.2. The van der Waals surface area contributed by atoms with Crippen LogP contribution >= 0.6 is 11.6 Å². The SMILES string of the molecule is CC(C)(C)OC(=O)N/C(=N\C(=O)O)Nc1c(C(=O)c2ccc(F)cc2Cl)cc[n+]([O-])c1-c1c(F)cccc1F. The van der Waals surface area contributed by atoms with E-state index in [1.165, 1.54) is 20.8 Å². The summed E-state index contributed by atoms with van der Waals surface area (Å²) in [5.41, 5.74) is -4.09. The van der Waals surface area contributed by atoms with Gasteiger partial charge in [-0.1, -0.05) is 17.7 Å². The van der Waals surface area contributed by atoms with Gasteiger partial charge in [-0.25, -0.2) is 22.8 Å². The molecule has 3 N–H and O–H groups in total. The van der Waals surface area contributed by atoms with Gasteiger partial charge in [0.15, 0.2) is 12.0 Å². The van der Waals surface area contributed by atoms with Crippen LogP contribution in [-0.2, 0) is 4.74 Å². The summed E-state index contributed by atoms with van der Waals surface area (Å²) in [5.74, 6) is -4.99. The maximum absolute atomic E-state index is 14.8. The number of ketones is 1. The van der Waals surface area contributed by atoms with Crippen LogP contribution in [0.4, 0.5) is 28.4 Å². The third kappa shape index (κ3) is 7.02. The minimum atomic E-state index is -1.83. The number of hydrogen-bond acceptors (Lipinski definition) is 5. The quantitative estimate of drug-likeness (QED) is 0.129. The smallest absolute Gasteiger partial charge is 0.434 e. The van der Waals surface area contributed by atoms with Crippen molar-refractivity contribution >= 4 is 41.2 Å². The number of ether oxygens (including phenoxy) is 1. The fourth-order valence-electron chi connectivity index (χ4n) is 3.33. The van der Waals surface area contributed by atoms with Crippen molar-refractivity contribution in [2.24, 2.45) is 4.99 Å².